The zero-order valence-electron chi connectivity index (χ0n) is 10.8. The van der Waals surface area contributed by atoms with E-state index in [1.807, 2.05) is 6.92 Å². The topological polar surface area (TPSA) is 17.1 Å². The van der Waals surface area contributed by atoms with Gasteiger partial charge in [-0.05, 0) is 37.6 Å². The summed E-state index contributed by atoms with van der Waals surface area (Å²) in [5, 5.41) is 0. The van der Waals surface area contributed by atoms with Crippen LogP contribution in [0.1, 0.15) is 29.5 Å². The second-order valence-electron chi connectivity index (χ2n) is 4.62. The van der Waals surface area contributed by atoms with Crippen LogP contribution in [0.25, 0.3) is 0 Å². The smallest absolute Gasteiger partial charge is 0.141 e. The first kappa shape index (κ1) is 13.4. The van der Waals surface area contributed by atoms with E-state index in [1.165, 1.54) is 37.3 Å². The van der Waals surface area contributed by atoms with E-state index in [1.54, 1.807) is 12.1 Å². The summed E-state index contributed by atoms with van der Waals surface area (Å²) in [5.74, 6) is -1.66. The number of hydrogen-bond donors (Lipinski definition) is 0. The predicted octanol–water partition coefficient (Wildman–Crippen LogP) is 3.99. The molecule has 0 aliphatic rings. The summed E-state index contributed by atoms with van der Waals surface area (Å²) in [6.07, 6.45) is 0. The molecule has 0 saturated heterocycles. The van der Waals surface area contributed by atoms with Crippen molar-refractivity contribution >= 4 is 5.78 Å². The van der Waals surface area contributed by atoms with Crippen LogP contribution in [-0.2, 0) is 4.79 Å². The van der Waals surface area contributed by atoms with Gasteiger partial charge in [-0.2, -0.15) is 0 Å². The van der Waals surface area contributed by atoms with Crippen molar-refractivity contribution in [1.82, 2.24) is 0 Å². The van der Waals surface area contributed by atoms with E-state index < -0.39 is 11.7 Å². The number of halogens is 2. The summed E-state index contributed by atoms with van der Waals surface area (Å²) in [7, 11) is 0. The minimum atomic E-state index is -0.694. The lowest BCUT2D eigenvalue weighted by Crippen LogP contribution is -2.12. The number of carbonyl (C=O) groups is 1. The molecule has 0 aliphatic heterocycles. The van der Waals surface area contributed by atoms with Crippen molar-refractivity contribution < 1.29 is 13.6 Å². The van der Waals surface area contributed by atoms with Gasteiger partial charge in [0.05, 0.1) is 5.92 Å². The van der Waals surface area contributed by atoms with Crippen molar-refractivity contribution in [3.63, 3.8) is 0 Å². The molecule has 1 unspecified atom stereocenters. The monoisotopic (exact) mass is 260 g/mol. The number of ketones is 1. The number of carbonyl (C=O) groups excluding carboxylic acids is 1. The van der Waals surface area contributed by atoms with E-state index >= 15 is 0 Å². The Bertz CT molecular complexity index is 603. The molecule has 0 saturated carbocycles. The minimum Gasteiger partial charge on any atom is -0.299 e. The minimum absolute atomic E-state index is 0.170. The molecule has 2 aromatic rings. The maximum absolute atomic E-state index is 13.9. The molecule has 19 heavy (non-hydrogen) atoms. The molecule has 0 amide bonds. The Balaban J connectivity index is 2.54. The van der Waals surface area contributed by atoms with Gasteiger partial charge >= 0.3 is 0 Å². The standard InChI is InChI=1S/C16H14F2O/c1-10-3-8-15(18)14(9-10)16(11(2)19)12-4-6-13(17)7-5-12/h3-9,16H,1-2H3. The highest BCUT2D eigenvalue weighted by atomic mass is 19.1. The Labute approximate surface area is 110 Å². The van der Waals surface area contributed by atoms with Crippen LogP contribution in [0.4, 0.5) is 8.78 Å². The van der Waals surface area contributed by atoms with E-state index in [0.717, 1.165) is 5.56 Å². The Morgan fingerprint density at radius 2 is 1.68 bits per heavy atom. The fraction of sp³-hybridized carbons (Fsp3) is 0.188. The molecule has 0 bridgehead atoms. The molecule has 0 radical (unpaired) electrons. The fourth-order valence-corrected chi connectivity index (χ4v) is 2.17. The van der Waals surface area contributed by atoms with E-state index in [4.69, 9.17) is 0 Å². The van der Waals surface area contributed by atoms with Crippen molar-refractivity contribution in [2.75, 3.05) is 0 Å². The van der Waals surface area contributed by atoms with Crippen LogP contribution in [-0.4, -0.2) is 5.78 Å². The third-order valence-corrected chi connectivity index (χ3v) is 3.07. The molecule has 1 atom stereocenters. The molecule has 0 N–H and O–H groups in total. The number of hydrogen-bond acceptors (Lipinski definition) is 1. The van der Waals surface area contributed by atoms with Crippen molar-refractivity contribution in [3.8, 4) is 0 Å². The van der Waals surface area contributed by atoms with Crippen molar-refractivity contribution in [3.05, 3.63) is 70.8 Å². The van der Waals surface area contributed by atoms with Crippen LogP contribution in [0, 0.1) is 18.6 Å². The quantitative estimate of drug-likeness (QED) is 0.815. The molecule has 0 spiro atoms. The molecule has 0 heterocycles. The van der Waals surface area contributed by atoms with Crippen molar-refractivity contribution in [2.45, 2.75) is 19.8 Å². The Morgan fingerprint density at radius 3 is 2.26 bits per heavy atom. The second-order valence-corrected chi connectivity index (χ2v) is 4.62. The molecule has 3 heteroatoms. The van der Waals surface area contributed by atoms with Gasteiger partial charge < -0.3 is 0 Å². The summed E-state index contributed by atoms with van der Waals surface area (Å²) in [6, 6.07) is 10.2. The lowest BCUT2D eigenvalue weighted by atomic mass is 9.87. The van der Waals surface area contributed by atoms with Gasteiger partial charge in [-0.1, -0.05) is 29.8 Å². The van der Waals surface area contributed by atoms with Gasteiger partial charge in [-0.15, -0.1) is 0 Å². The molecular weight excluding hydrogens is 246 g/mol. The predicted molar refractivity (Wildman–Crippen MR) is 70.1 cm³/mol. The first-order valence-electron chi connectivity index (χ1n) is 6.01. The van der Waals surface area contributed by atoms with Gasteiger partial charge in [-0.25, -0.2) is 8.78 Å². The number of rotatable bonds is 3. The Kier molecular flexibility index (Phi) is 3.74. The molecule has 0 aromatic heterocycles. The second kappa shape index (κ2) is 5.31. The van der Waals surface area contributed by atoms with Gasteiger partial charge in [0.15, 0.2) is 0 Å². The maximum Gasteiger partial charge on any atom is 0.141 e. The molecule has 2 rings (SSSR count). The summed E-state index contributed by atoms with van der Waals surface area (Å²) < 4.78 is 26.9. The first-order chi connectivity index (χ1) is 8.99. The molecule has 1 nitrogen and oxygen atoms in total. The van der Waals surface area contributed by atoms with Gasteiger partial charge in [-0.3, -0.25) is 4.79 Å². The highest BCUT2D eigenvalue weighted by molar-refractivity contribution is 5.87. The van der Waals surface area contributed by atoms with Gasteiger partial charge in [0.2, 0.25) is 0 Å². The third kappa shape index (κ3) is 2.87. The average Bonchev–Trinajstić information content (AvgIpc) is 2.36. The molecular formula is C16H14F2O. The highest BCUT2D eigenvalue weighted by Gasteiger charge is 2.22. The largest absolute Gasteiger partial charge is 0.299 e. The number of benzene rings is 2. The lowest BCUT2D eigenvalue weighted by Gasteiger charge is -2.16. The summed E-state index contributed by atoms with van der Waals surface area (Å²) >= 11 is 0. The third-order valence-electron chi connectivity index (χ3n) is 3.07. The van der Waals surface area contributed by atoms with Crippen LogP contribution >= 0.6 is 0 Å². The first-order valence-corrected chi connectivity index (χ1v) is 6.01. The van der Waals surface area contributed by atoms with E-state index in [9.17, 15) is 13.6 Å². The fourth-order valence-electron chi connectivity index (χ4n) is 2.17. The highest BCUT2D eigenvalue weighted by Crippen LogP contribution is 2.28. The zero-order chi connectivity index (χ0) is 14.0. The van der Waals surface area contributed by atoms with Crippen LogP contribution < -0.4 is 0 Å². The summed E-state index contributed by atoms with van der Waals surface area (Å²) in [4.78, 5) is 11.8. The van der Waals surface area contributed by atoms with Gasteiger partial charge in [0.25, 0.3) is 0 Å². The zero-order valence-corrected chi connectivity index (χ0v) is 10.8. The molecule has 0 aliphatic carbocycles. The number of Topliss-reactive ketones (excluding diaryl/α,β-unsaturated/α-hetero) is 1. The van der Waals surface area contributed by atoms with Crippen molar-refractivity contribution in [2.24, 2.45) is 0 Å². The normalized spacial score (nSPS) is 12.2. The Hall–Kier alpha value is -2.03. The van der Waals surface area contributed by atoms with E-state index in [-0.39, 0.29) is 11.6 Å². The van der Waals surface area contributed by atoms with E-state index in [0.29, 0.717) is 11.1 Å². The van der Waals surface area contributed by atoms with Gasteiger partial charge in [0.1, 0.15) is 17.4 Å². The van der Waals surface area contributed by atoms with Crippen molar-refractivity contribution in [1.29, 1.82) is 0 Å². The van der Waals surface area contributed by atoms with Crippen LogP contribution in [0.3, 0.4) is 0 Å². The van der Waals surface area contributed by atoms with E-state index in [2.05, 4.69) is 0 Å². The summed E-state index contributed by atoms with van der Waals surface area (Å²) in [5.41, 5.74) is 1.81. The maximum atomic E-state index is 13.9. The van der Waals surface area contributed by atoms with Gasteiger partial charge in [0, 0.05) is 5.56 Å². The number of aryl methyl sites for hydroxylation is 1. The molecule has 0 fully saturated rings. The van der Waals surface area contributed by atoms with Crippen LogP contribution in [0.2, 0.25) is 0 Å². The Morgan fingerprint density at radius 1 is 1.05 bits per heavy atom. The average molecular weight is 260 g/mol. The SMILES string of the molecule is CC(=O)C(c1ccc(F)cc1)c1cc(C)ccc1F. The molecule has 2 aromatic carbocycles. The van der Waals surface area contributed by atoms with Crippen LogP contribution in [0.5, 0.6) is 0 Å². The summed E-state index contributed by atoms with van der Waals surface area (Å²) in [6.45, 7) is 3.25. The molecule has 98 valence electrons. The van der Waals surface area contributed by atoms with Crippen LogP contribution in [0.15, 0.2) is 42.5 Å². The lowest BCUT2D eigenvalue weighted by molar-refractivity contribution is -0.117.